The van der Waals surface area contributed by atoms with Gasteiger partial charge in [0.2, 0.25) is 5.91 Å². The summed E-state index contributed by atoms with van der Waals surface area (Å²) in [6.07, 6.45) is 2.52. The zero-order valence-electron chi connectivity index (χ0n) is 12.8. The van der Waals surface area contributed by atoms with E-state index in [0.717, 1.165) is 11.4 Å². The van der Waals surface area contributed by atoms with Gasteiger partial charge in [0, 0.05) is 23.1 Å². The second-order valence-corrected chi connectivity index (χ2v) is 6.95. The number of aromatic nitrogens is 1. The van der Waals surface area contributed by atoms with E-state index in [2.05, 4.69) is 43.2 Å². The number of benzene rings is 1. The Kier molecular flexibility index (Phi) is 5.42. The Morgan fingerprint density at radius 1 is 1.29 bits per heavy atom. The van der Waals surface area contributed by atoms with Gasteiger partial charge in [0.15, 0.2) is 5.13 Å². The number of nitrogens with zero attached hydrogens (tertiary/aromatic N) is 1. The van der Waals surface area contributed by atoms with Crippen molar-refractivity contribution in [3.8, 4) is 11.3 Å². The Labute approximate surface area is 134 Å². The number of rotatable bonds is 5. The van der Waals surface area contributed by atoms with Crippen LogP contribution in [0.2, 0.25) is 0 Å². The quantitative estimate of drug-likeness (QED) is 0.886. The normalized spacial score (nSPS) is 10.7. The van der Waals surface area contributed by atoms with E-state index in [9.17, 15) is 4.79 Å². The maximum absolute atomic E-state index is 11.7. The fraction of sp³-hybridized carbons (Fsp3) is 0.375. The van der Waals surface area contributed by atoms with Crippen molar-refractivity contribution < 1.29 is 4.79 Å². The molecule has 0 saturated carbocycles. The lowest BCUT2D eigenvalue weighted by Crippen LogP contribution is -2.11. The van der Waals surface area contributed by atoms with Gasteiger partial charge in [-0.2, -0.15) is 11.8 Å². The van der Waals surface area contributed by atoms with E-state index in [-0.39, 0.29) is 5.91 Å². The van der Waals surface area contributed by atoms with Gasteiger partial charge in [-0.1, -0.05) is 17.7 Å². The summed E-state index contributed by atoms with van der Waals surface area (Å²) in [6.45, 7) is 6.30. The Bertz CT molecular complexity index is 626. The molecule has 1 N–H and O–H groups in total. The molecule has 3 nitrogen and oxygen atoms in total. The standard InChI is InChI=1S/C16H20N2OS2/c1-10-7-11(2)15(12(3)8-10)13-9-21-16(17-13)18-14(19)5-6-20-4/h7-9H,5-6H2,1-4H3,(H,17,18,19). The molecule has 0 radical (unpaired) electrons. The highest BCUT2D eigenvalue weighted by Gasteiger charge is 2.12. The number of anilines is 1. The van der Waals surface area contributed by atoms with Crippen molar-refractivity contribution in [2.75, 3.05) is 17.3 Å². The van der Waals surface area contributed by atoms with Crippen LogP contribution >= 0.6 is 23.1 Å². The molecule has 0 saturated heterocycles. The van der Waals surface area contributed by atoms with Gasteiger partial charge in [-0.15, -0.1) is 11.3 Å². The summed E-state index contributed by atoms with van der Waals surface area (Å²) in [7, 11) is 0. The van der Waals surface area contributed by atoms with Crippen molar-refractivity contribution in [3.05, 3.63) is 34.2 Å². The minimum Gasteiger partial charge on any atom is -0.302 e. The molecule has 1 heterocycles. The second kappa shape index (κ2) is 7.09. The predicted molar refractivity (Wildman–Crippen MR) is 93.4 cm³/mol. The van der Waals surface area contributed by atoms with Crippen LogP contribution in [0, 0.1) is 20.8 Å². The van der Waals surface area contributed by atoms with E-state index in [1.54, 1.807) is 11.8 Å². The molecule has 1 amide bonds. The van der Waals surface area contributed by atoms with Crippen molar-refractivity contribution in [2.45, 2.75) is 27.2 Å². The number of carbonyl (C=O) groups is 1. The smallest absolute Gasteiger partial charge is 0.226 e. The maximum atomic E-state index is 11.7. The fourth-order valence-electron chi connectivity index (χ4n) is 2.41. The summed E-state index contributed by atoms with van der Waals surface area (Å²) in [6, 6.07) is 4.33. The van der Waals surface area contributed by atoms with Crippen LogP contribution in [-0.2, 0) is 4.79 Å². The maximum Gasteiger partial charge on any atom is 0.226 e. The van der Waals surface area contributed by atoms with Crippen molar-refractivity contribution in [3.63, 3.8) is 0 Å². The molecule has 0 aliphatic heterocycles. The van der Waals surface area contributed by atoms with Gasteiger partial charge in [-0.05, 0) is 38.2 Å². The molecule has 1 aromatic heterocycles. The number of thioether (sulfide) groups is 1. The Hall–Kier alpha value is -1.33. The average molecular weight is 320 g/mol. The molecular formula is C16H20N2OS2. The predicted octanol–water partition coefficient (Wildman–Crippen LogP) is 4.43. The first-order chi connectivity index (χ1) is 10.0. The minimum atomic E-state index is 0.0302. The summed E-state index contributed by atoms with van der Waals surface area (Å²) < 4.78 is 0. The minimum absolute atomic E-state index is 0.0302. The lowest BCUT2D eigenvalue weighted by molar-refractivity contribution is -0.115. The molecule has 2 rings (SSSR count). The van der Waals surface area contributed by atoms with Gasteiger partial charge in [0.05, 0.1) is 5.69 Å². The third-order valence-electron chi connectivity index (χ3n) is 3.22. The van der Waals surface area contributed by atoms with E-state index >= 15 is 0 Å². The molecule has 0 atom stereocenters. The van der Waals surface area contributed by atoms with Crippen molar-refractivity contribution in [1.29, 1.82) is 0 Å². The number of hydrogen-bond acceptors (Lipinski definition) is 4. The van der Waals surface area contributed by atoms with Crippen LogP contribution in [0.25, 0.3) is 11.3 Å². The number of thiazole rings is 1. The number of amides is 1. The zero-order valence-corrected chi connectivity index (χ0v) is 14.5. The Morgan fingerprint density at radius 2 is 1.95 bits per heavy atom. The van der Waals surface area contributed by atoms with Gasteiger partial charge >= 0.3 is 0 Å². The van der Waals surface area contributed by atoms with Crippen LogP contribution in [0.5, 0.6) is 0 Å². The van der Waals surface area contributed by atoms with E-state index in [4.69, 9.17) is 0 Å². The van der Waals surface area contributed by atoms with Gasteiger partial charge < -0.3 is 5.32 Å². The summed E-state index contributed by atoms with van der Waals surface area (Å²) in [4.78, 5) is 16.3. The van der Waals surface area contributed by atoms with E-state index in [1.165, 1.54) is 33.6 Å². The molecule has 0 unspecified atom stereocenters. The van der Waals surface area contributed by atoms with Gasteiger partial charge in [-0.25, -0.2) is 4.98 Å². The lowest BCUT2D eigenvalue weighted by Gasteiger charge is -2.08. The molecule has 5 heteroatoms. The Morgan fingerprint density at radius 3 is 2.57 bits per heavy atom. The van der Waals surface area contributed by atoms with E-state index in [1.807, 2.05) is 11.6 Å². The van der Waals surface area contributed by atoms with Crippen LogP contribution in [0.4, 0.5) is 5.13 Å². The second-order valence-electron chi connectivity index (χ2n) is 5.10. The van der Waals surface area contributed by atoms with Crippen molar-refractivity contribution in [1.82, 2.24) is 4.98 Å². The number of nitrogens with one attached hydrogen (secondary N) is 1. The molecule has 2 aromatic rings. The number of carbonyl (C=O) groups excluding carboxylic acids is 1. The highest BCUT2D eigenvalue weighted by molar-refractivity contribution is 7.98. The molecule has 112 valence electrons. The molecule has 21 heavy (non-hydrogen) atoms. The largest absolute Gasteiger partial charge is 0.302 e. The first-order valence-corrected chi connectivity index (χ1v) is 9.11. The molecule has 1 aromatic carbocycles. The molecule has 0 spiro atoms. The topological polar surface area (TPSA) is 42.0 Å². The van der Waals surface area contributed by atoms with Crippen molar-refractivity contribution in [2.24, 2.45) is 0 Å². The molecular weight excluding hydrogens is 300 g/mol. The van der Waals surface area contributed by atoms with Crippen LogP contribution in [0.3, 0.4) is 0 Å². The highest BCUT2D eigenvalue weighted by Crippen LogP contribution is 2.31. The van der Waals surface area contributed by atoms with Crippen LogP contribution in [0.1, 0.15) is 23.1 Å². The Balaban J connectivity index is 2.19. The summed E-state index contributed by atoms with van der Waals surface area (Å²) in [5.41, 5.74) is 5.81. The molecule has 0 aliphatic rings. The fourth-order valence-corrected chi connectivity index (χ4v) is 3.51. The average Bonchev–Trinajstić information content (AvgIpc) is 2.83. The lowest BCUT2D eigenvalue weighted by atomic mass is 9.98. The number of hydrogen-bond donors (Lipinski definition) is 1. The SMILES string of the molecule is CSCCC(=O)Nc1nc(-c2c(C)cc(C)cc2C)cs1. The summed E-state index contributed by atoms with van der Waals surface area (Å²) >= 11 is 3.15. The molecule has 0 fully saturated rings. The zero-order chi connectivity index (χ0) is 15.4. The highest BCUT2D eigenvalue weighted by atomic mass is 32.2. The molecule has 0 bridgehead atoms. The monoisotopic (exact) mass is 320 g/mol. The van der Waals surface area contributed by atoms with Crippen LogP contribution in [-0.4, -0.2) is 22.9 Å². The third-order valence-corrected chi connectivity index (χ3v) is 4.59. The van der Waals surface area contributed by atoms with Gasteiger partial charge in [0.1, 0.15) is 0 Å². The third kappa shape index (κ3) is 4.08. The van der Waals surface area contributed by atoms with Crippen LogP contribution in [0.15, 0.2) is 17.5 Å². The summed E-state index contributed by atoms with van der Waals surface area (Å²) in [5.74, 6) is 0.864. The van der Waals surface area contributed by atoms with Crippen LogP contribution < -0.4 is 5.32 Å². The van der Waals surface area contributed by atoms with E-state index in [0.29, 0.717) is 11.6 Å². The van der Waals surface area contributed by atoms with Gasteiger partial charge in [-0.3, -0.25) is 4.79 Å². The summed E-state index contributed by atoms with van der Waals surface area (Å²) in [5, 5.41) is 5.56. The first-order valence-electron chi connectivity index (χ1n) is 6.84. The van der Waals surface area contributed by atoms with Crippen molar-refractivity contribution >= 4 is 34.1 Å². The van der Waals surface area contributed by atoms with E-state index < -0.39 is 0 Å². The molecule has 0 aliphatic carbocycles. The number of aryl methyl sites for hydroxylation is 3. The first kappa shape index (κ1) is 16.0. The van der Waals surface area contributed by atoms with Gasteiger partial charge in [0.25, 0.3) is 0 Å².